The van der Waals surface area contributed by atoms with Gasteiger partial charge in [-0.3, -0.25) is 14.7 Å². The quantitative estimate of drug-likeness (QED) is 0.715. The highest BCUT2D eigenvalue weighted by Gasteiger charge is 2.26. The molecule has 26 heavy (non-hydrogen) atoms. The fourth-order valence-corrected chi connectivity index (χ4v) is 3.69. The summed E-state index contributed by atoms with van der Waals surface area (Å²) in [5.74, 6) is 0.619. The minimum absolute atomic E-state index is 0.00401. The predicted octanol–water partition coefficient (Wildman–Crippen LogP) is 3.61. The molecule has 2 aromatic rings. The Morgan fingerprint density at radius 2 is 2.04 bits per heavy atom. The van der Waals surface area contributed by atoms with Gasteiger partial charge in [0.25, 0.3) is 5.91 Å². The van der Waals surface area contributed by atoms with Gasteiger partial charge in [0.15, 0.2) is 6.10 Å². The molecule has 1 unspecified atom stereocenters. The van der Waals surface area contributed by atoms with Gasteiger partial charge >= 0.3 is 0 Å². The summed E-state index contributed by atoms with van der Waals surface area (Å²) < 4.78 is 6.56. The highest BCUT2D eigenvalue weighted by molar-refractivity contribution is 9.10. The largest absolute Gasteiger partial charge is 0.480 e. The number of ether oxygens (including phenoxy) is 1. The van der Waals surface area contributed by atoms with Crippen LogP contribution in [0.4, 0.5) is 0 Å². The first-order valence-corrected chi connectivity index (χ1v) is 9.73. The third-order valence-electron chi connectivity index (χ3n) is 4.34. The Kier molecular flexibility index (Phi) is 6.51. The van der Waals surface area contributed by atoms with Crippen LogP contribution in [0.25, 0.3) is 0 Å². The summed E-state index contributed by atoms with van der Waals surface area (Å²) in [6.07, 6.45) is 1.26. The molecular formula is C19H21BrClN3O2. The van der Waals surface area contributed by atoms with Crippen molar-refractivity contribution in [1.82, 2.24) is 14.8 Å². The Morgan fingerprint density at radius 1 is 1.27 bits per heavy atom. The van der Waals surface area contributed by atoms with Crippen LogP contribution in [0.15, 0.2) is 47.1 Å². The molecule has 0 bridgehead atoms. The predicted molar refractivity (Wildman–Crippen MR) is 105 cm³/mol. The maximum atomic E-state index is 12.7. The van der Waals surface area contributed by atoms with Gasteiger partial charge in [-0.25, -0.2) is 0 Å². The van der Waals surface area contributed by atoms with Crippen molar-refractivity contribution < 1.29 is 9.53 Å². The van der Waals surface area contributed by atoms with E-state index in [2.05, 4.69) is 25.8 Å². The second-order valence-electron chi connectivity index (χ2n) is 6.26. The van der Waals surface area contributed by atoms with Crippen molar-refractivity contribution in [2.24, 2.45) is 0 Å². The highest BCUT2D eigenvalue weighted by Crippen LogP contribution is 2.29. The van der Waals surface area contributed by atoms with E-state index in [9.17, 15) is 4.79 Å². The van der Waals surface area contributed by atoms with E-state index in [1.165, 1.54) is 0 Å². The van der Waals surface area contributed by atoms with Gasteiger partial charge in [0.2, 0.25) is 0 Å². The molecule has 3 rings (SSSR count). The van der Waals surface area contributed by atoms with E-state index in [4.69, 9.17) is 16.3 Å². The summed E-state index contributed by atoms with van der Waals surface area (Å²) in [7, 11) is 0. The molecule has 1 fully saturated rings. The number of halogens is 2. The van der Waals surface area contributed by atoms with Crippen molar-refractivity contribution in [3.8, 4) is 5.75 Å². The molecule has 1 aromatic carbocycles. The Labute approximate surface area is 167 Å². The lowest BCUT2D eigenvalue weighted by Crippen LogP contribution is -2.51. The molecule has 1 atom stereocenters. The average molecular weight is 439 g/mol. The van der Waals surface area contributed by atoms with Crippen LogP contribution >= 0.6 is 27.5 Å². The maximum absolute atomic E-state index is 12.7. The summed E-state index contributed by atoms with van der Waals surface area (Å²) in [6, 6.07) is 11.2. The van der Waals surface area contributed by atoms with Crippen LogP contribution < -0.4 is 4.74 Å². The zero-order valence-electron chi connectivity index (χ0n) is 14.6. The second-order valence-corrected chi connectivity index (χ2v) is 7.55. The average Bonchev–Trinajstić information content (AvgIpc) is 2.65. The second kappa shape index (κ2) is 8.84. The first-order chi connectivity index (χ1) is 12.5. The Hall–Kier alpha value is -1.63. The van der Waals surface area contributed by atoms with E-state index in [0.717, 1.165) is 29.8 Å². The normalized spacial score (nSPS) is 16.3. The van der Waals surface area contributed by atoms with Gasteiger partial charge in [-0.1, -0.05) is 17.7 Å². The van der Waals surface area contributed by atoms with Crippen LogP contribution in [0.2, 0.25) is 5.02 Å². The fraction of sp³-hybridized carbons (Fsp3) is 0.368. The van der Waals surface area contributed by atoms with Gasteiger partial charge in [-0.05, 0) is 53.2 Å². The smallest absolute Gasteiger partial charge is 0.263 e. The lowest BCUT2D eigenvalue weighted by Gasteiger charge is -2.35. The molecule has 1 aromatic heterocycles. The van der Waals surface area contributed by atoms with Crippen LogP contribution in [-0.4, -0.2) is 53.0 Å². The highest BCUT2D eigenvalue weighted by atomic mass is 79.9. The van der Waals surface area contributed by atoms with Crippen LogP contribution in [0.1, 0.15) is 12.6 Å². The Bertz CT molecular complexity index is 752. The van der Waals surface area contributed by atoms with Crippen LogP contribution in [-0.2, 0) is 11.3 Å². The monoisotopic (exact) mass is 437 g/mol. The number of aromatic nitrogens is 1. The number of carbonyl (C=O) groups excluding carboxylic acids is 1. The van der Waals surface area contributed by atoms with E-state index < -0.39 is 6.10 Å². The van der Waals surface area contributed by atoms with Crippen molar-refractivity contribution in [2.45, 2.75) is 19.6 Å². The molecule has 5 nitrogen and oxygen atoms in total. The van der Waals surface area contributed by atoms with Crippen LogP contribution in [0.3, 0.4) is 0 Å². The summed E-state index contributed by atoms with van der Waals surface area (Å²) in [5.41, 5.74) is 1.05. The summed E-state index contributed by atoms with van der Waals surface area (Å²) >= 11 is 9.35. The number of nitrogens with zero attached hydrogens (tertiary/aromatic N) is 3. The molecule has 1 aliphatic heterocycles. The molecule has 0 aliphatic carbocycles. The van der Waals surface area contributed by atoms with Gasteiger partial charge < -0.3 is 9.64 Å². The van der Waals surface area contributed by atoms with Gasteiger partial charge in [0.1, 0.15) is 5.75 Å². The first-order valence-electron chi connectivity index (χ1n) is 8.55. The van der Waals surface area contributed by atoms with Crippen molar-refractivity contribution >= 4 is 33.4 Å². The van der Waals surface area contributed by atoms with E-state index in [1.807, 2.05) is 29.3 Å². The van der Waals surface area contributed by atoms with E-state index in [0.29, 0.717) is 23.9 Å². The number of pyridine rings is 1. The summed E-state index contributed by atoms with van der Waals surface area (Å²) in [4.78, 5) is 21.2. The molecule has 1 saturated heterocycles. The first kappa shape index (κ1) is 19.1. The van der Waals surface area contributed by atoms with Gasteiger partial charge in [0, 0.05) is 43.9 Å². The molecule has 0 radical (unpaired) electrons. The number of rotatable bonds is 5. The third-order valence-corrected chi connectivity index (χ3v) is 5.20. The summed E-state index contributed by atoms with van der Waals surface area (Å²) in [6.45, 7) is 5.65. The van der Waals surface area contributed by atoms with Crippen molar-refractivity contribution in [3.05, 3.63) is 57.8 Å². The van der Waals surface area contributed by atoms with Crippen molar-refractivity contribution in [2.75, 3.05) is 26.2 Å². The topological polar surface area (TPSA) is 45.7 Å². The molecule has 7 heteroatoms. The zero-order chi connectivity index (χ0) is 18.5. The Balaban J connectivity index is 1.51. The lowest BCUT2D eigenvalue weighted by molar-refractivity contribution is -0.139. The van der Waals surface area contributed by atoms with E-state index in [-0.39, 0.29) is 5.91 Å². The number of benzene rings is 1. The number of carbonyl (C=O) groups is 1. The van der Waals surface area contributed by atoms with E-state index in [1.54, 1.807) is 25.1 Å². The minimum Gasteiger partial charge on any atom is -0.480 e. The molecule has 2 heterocycles. The Morgan fingerprint density at radius 3 is 2.69 bits per heavy atom. The van der Waals surface area contributed by atoms with Crippen LogP contribution in [0, 0.1) is 0 Å². The standard InChI is InChI=1S/C19H21BrClN3O2/c1-14(26-18-6-5-15(21)12-17(18)20)19(25)24-10-8-23(9-11-24)13-16-4-2-3-7-22-16/h2-7,12,14H,8-11,13H2,1H3. The number of hydrogen-bond donors (Lipinski definition) is 0. The van der Waals surface area contributed by atoms with Crippen molar-refractivity contribution in [1.29, 1.82) is 0 Å². The number of piperazine rings is 1. The molecule has 138 valence electrons. The molecule has 0 N–H and O–H groups in total. The lowest BCUT2D eigenvalue weighted by atomic mass is 10.2. The summed E-state index contributed by atoms with van der Waals surface area (Å²) in [5, 5.41) is 0.618. The molecule has 0 saturated carbocycles. The molecule has 1 aliphatic rings. The van der Waals surface area contributed by atoms with Gasteiger partial charge in [-0.2, -0.15) is 0 Å². The molecule has 1 amide bonds. The zero-order valence-corrected chi connectivity index (χ0v) is 16.9. The number of amides is 1. The fourth-order valence-electron chi connectivity index (χ4n) is 2.92. The third kappa shape index (κ3) is 4.96. The van der Waals surface area contributed by atoms with Gasteiger partial charge in [0.05, 0.1) is 10.2 Å². The molecular weight excluding hydrogens is 418 g/mol. The SMILES string of the molecule is CC(Oc1ccc(Cl)cc1Br)C(=O)N1CCN(Cc2ccccn2)CC1. The minimum atomic E-state index is -0.546. The van der Waals surface area contributed by atoms with E-state index >= 15 is 0 Å². The van der Waals surface area contributed by atoms with Gasteiger partial charge in [-0.15, -0.1) is 0 Å². The number of hydrogen-bond acceptors (Lipinski definition) is 4. The molecule has 0 spiro atoms. The maximum Gasteiger partial charge on any atom is 0.263 e. The van der Waals surface area contributed by atoms with Crippen molar-refractivity contribution in [3.63, 3.8) is 0 Å². The van der Waals surface area contributed by atoms with Crippen LogP contribution in [0.5, 0.6) is 5.75 Å².